The monoisotopic (exact) mass is 201 g/mol. The summed E-state index contributed by atoms with van der Waals surface area (Å²) in [6.07, 6.45) is 8.28. The fraction of sp³-hybridized carbons (Fsp3) is 1.00. The number of nitrogens with zero attached hydrogens (tertiary/aromatic N) is 1. The molecule has 0 N–H and O–H groups in total. The van der Waals surface area contributed by atoms with Gasteiger partial charge in [0.15, 0.2) is 0 Å². The second kappa shape index (κ2) is 15.4. The van der Waals surface area contributed by atoms with Crippen LogP contribution in [0.15, 0.2) is 0 Å². The predicted molar refractivity (Wildman–Crippen MR) is 67.9 cm³/mol. The van der Waals surface area contributed by atoms with Crippen molar-refractivity contribution in [2.45, 2.75) is 66.2 Å². The molecular formula is C13H31N. The number of hydrogen-bond acceptors (Lipinski definition) is 1. The molecule has 0 saturated heterocycles. The van der Waals surface area contributed by atoms with Crippen LogP contribution >= 0.6 is 0 Å². The van der Waals surface area contributed by atoms with Gasteiger partial charge in [-0.25, -0.2) is 0 Å². The van der Waals surface area contributed by atoms with Gasteiger partial charge in [-0.2, -0.15) is 0 Å². The summed E-state index contributed by atoms with van der Waals surface area (Å²) in [6.45, 7) is 11.1. The van der Waals surface area contributed by atoms with Crippen molar-refractivity contribution in [3.8, 4) is 0 Å². The van der Waals surface area contributed by atoms with E-state index in [0.29, 0.717) is 0 Å². The fourth-order valence-electron chi connectivity index (χ4n) is 1.48. The van der Waals surface area contributed by atoms with Crippen LogP contribution in [0.3, 0.4) is 0 Å². The van der Waals surface area contributed by atoms with Gasteiger partial charge in [0.05, 0.1) is 0 Å². The van der Waals surface area contributed by atoms with Crippen LogP contribution in [0.25, 0.3) is 0 Å². The van der Waals surface area contributed by atoms with Crippen LogP contribution in [0.1, 0.15) is 66.2 Å². The first-order valence-corrected chi connectivity index (χ1v) is 6.49. The Balaban J connectivity index is 0. The Labute approximate surface area is 91.9 Å². The zero-order valence-corrected chi connectivity index (χ0v) is 11.1. The Bertz CT molecular complexity index is 81.3. The van der Waals surface area contributed by atoms with E-state index in [2.05, 4.69) is 25.8 Å². The molecule has 0 saturated carbocycles. The molecule has 0 unspecified atom stereocenters. The summed E-state index contributed by atoms with van der Waals surface area (Å²) in [5.41, 5.74) is 0. The van der Waals surface area contributed by atoms with Gasteiger partial charge in [0.1, 0.15) is 0 Å². The summed E-state index contributed by atoms with van der Waals surface area (Å²) in [7, 11) is 2.23. The van der Waals surface area contributed by atoms with Crippen LogP contribution in [0, 0.1) is 0 Å². The van der Waals surface area contributed by atoms with Gasteiger partial charge in [-0.3, -0.25) is 0 Å². The molecule has 0 aliphatic carbocycles. The van der Waals surface area contributed by atoms with Crippen LogP contribution in [0.2, 0.25) is 0 Å². The number of hydrogen-bond donors (Lipinski definition) is 0. The minimum Gasteiger partial charge on any atom is -0.306 e. The minimum absolute atomic E-state index is 1.26. The molecule has 0 aromatic heterocycles. The van der Waals surface area contributed by atoms with Gasteiger partial charge in [-0.15, -0.1) is 0 Å². The molecule has 0 fully saturated rings. The normalized spacial score (nSPS) is 9.86. The molecule has 0 heterocycles. The molecule has 0 atom stereocenters. The maximum absolute atomic E-state index is 2.44. The average Bonchev–Trinajstić information content (AvgIpc) is 2.21. The Morgan fingerprint density at radius 1 is 0.714 bits per heavy atom. The topological polar surface area (TPSA) is 3.24 Å². The van der Waals surface area contributed by atoms with Crippen molar-refractivity contribution in [2.24, 2.45) is 0 Å². The lowest BCUT2D eigenvalue weighted by Crippen LogP contribution is -2.20. The van der Waals surface area contributed by atoms with E-state index in [1.165, 1.54) is 51.6 Å². The molecule has 14 heavy (non-hydrogen) atoms. The van der Waals surface area contributed by atoms with Crippen molar-refractivity contribution in [1.29, 1.82) is 0 Å². The average molecular weight is 201 g/mol. The van der Waals surface area contributed by atoms with Gasteiger partial charge >= 0.3 is 0 Å². The summed E-state index contributed by atoms with van der Waals surface area (Å²) in [5, 5.41) is 0. The largest absolute Gasteiger partial charge is 0.306 e. The second-order valence-corrected chi connectivity index (χ2v) is 3.72. The molecule has 0 bridgehead atoms. The SMILES string of the molecule is CC.CCCCCCCN(C)CCC. The lowest BCUT2D eigenvalue weighted by molar-refractivity contribution is 0.324. The minimum atomic E-state index is 1.26. The molecule has 0 rings (SSSR count). The van der Waals surface area contributed by atoms with Gasteiger partial charge in [-0.05, 0) is 33.0 Å². The Hall–Kier alpha value is -0.0400. The molecule has 0 amide bonds. The van der Waals surface area contributed by atoms with E-state index in [0.717, 1.165) is 0 Å². The summed E-state index contributed by atoms with van der Waals surface area (Å²) in [4.78, 5) is 2.44. The van der Waals surface area contributed by atoms with Crippen molar-refractivity contribution in [3.63, 3.8) is 0 Å². The summed E-state index contributed by atoms with van der Waals surface area (Å²) < 4.78 is 0. The van der Waals surface area contributed by atoms with Gasteiger partial charge in [0.25, 0.3) is 0 Å². The number of unbranched alkanes of at least 4 members (excludes halogenated alkanes) is 4. The van der Waals surface area contributed by atoms with Gasteiger partial charge in [0.2, 0.25) is 0 Å². The molecule has 1 heteroatoms. The highest BCUT2D eigenvalue weighted by Crippen LogP contribution is 2.03. The van der Waals surface area contributed by atoms with Gasteiger partial charge in [0, 0.05) is 0 Å². The van der Waals surface area contributed by atoms with E-state index in [-0.39, 0.29) is 0 Å². The van der Waals surface area contributed by atoms with Crippen LogP contribution < -0.4 is 0 Å². The molecule has 88 valence electrons. The maximum atomic E-state index is 2.44. The number of rotatable bonds is 8. The standard InChI is InChI=1S/C11H25N.C2H6/c1-4-6-7-8-9-11-12(3)10-5-2;1-2/h4-11H2,1-3H3;1-2H3. The molecule has 0 radical (unpaired) electrons. The zero-order valence-electron chi connectivity index (χ0n) is 11.1. The quantitative estimate of drug-likeness (QED) is 0.528. The molecule has 0 aromatic rings. The van der Waals surface area contributed by atoms with Crippen molar-refractivity contribution in [1.82, 2.24) is 4.90 Å². The molecule has 0 spiro atoms. The van der Waals surface area contributed by atoms with E-state index >= 15 is 0 Å². The summed E-state index contributed by atoms with van der Waals surface area (Å²) in [5.74, 6) is 0. The predicted octanol–water partition coefficient (Wildman–Crippen LogP) is 4.32. The highest BCUT2D eigenvalue weighted by molar-refractivity contribution is 4.50. The zero-order chi connectivity index (χ0) is 11.2. The highest BCUT2D eigenvalue weighted by Gasteiger charge is 1.95. The molecule has 0 aliphatic rings. The lowest BCUT2D eigenvalue weighted by atomic mass is 10.1. The molecule has 1 nitrogen and oxygen atoms in total. The van der Waals surface area contributed by atoms with Crippen LogP contribution in [0.5, 0.6) is 0 Å². The van der Waals surface area contributed by atoms with Crippen molar-refractivity contribution in [2.75, 3.05) is 20.1 Å². The first-order chi connectivity index (χ1) is 6.81. The third-order valence-electron chi connectivity index (χ3n) is 2.25. The van der Waals surface area contributed by atoms with E-state index < -0.39 is 0 Å². The van der Waals surface area contributed by atoms with Crippen molar-refractivity contribution >= 4 is 0 Å². The molecule has 0 aromatic carbocycles. The van der Waals surface area contributed by atoms with Gasteiger partial charge in [-0.1, -0.05) is 53.4 Å². The molecule has 0 aliphatic heterocycles. The Morgan fingerprint density at radius 2 is 1.29 bits per heavy atom. The first kappa shape index (κ1) is 16.4. The van der Waals surface area contributed by atoms with E-state index in [1.54, 1.807) is 0 Å². The van der Waals surface area contributed by atoms with Crippen LogP contribution in [0.4, 0.5) is 0 Å². The third kappa shape index (κ3) is 14.5. The third-order valence-corrected chi connectivity index (χ3v) is 2.25. The summed E-state index contributed by atoms with van der Waals surface area (Å²) in [6, 6.07) is 0. The first-order valence-electron chi connectivity index (χ1n) is 6.49. The Morgan fingerprint density at radius 3 is 1.79 bits per heavy atom. The van der Waals surface area contributed by atoms with Crippen LogP contribution in [-0.2, 0) is 0 Å². The van der Waals surface area contributed by atoms with Crippen molar-refractivity contribution < 1.29 is 0 Å². The van der Waals surface area contributed by atoms with Gasteiger partial charge < -0.3 is 4.90 Å². The Kier molecular flexibility index (Phi) is 18.1. The van der Waals surface area contributed by atoms with E-state index in [9.17, 15) is 0 Å². The summed E-state index contributed by atoms with van der Waals surface area (Å²) >= 11 is 0. The highest BCUT2D eigenvalue weighted by atomic mass is 15.1. The van der Waals surface area contributed by atoms with E-state index in [4.69, 9.17) is 0 Å². The second-order valence-electron chi connectivity index (χ2n) is 3.72. The maximum Gasteiger partial charge on any atom is -0.00218 e. The van der Waals surface area contributed by atoms with E-state index in [1.807, 2.05) is 13.8 Å². The smallest absolute Gasteiger partial charge is 0.00218 e. The van der Waals surface area contributed by atoms with Crippen LogP contribution in [-0.4, -0.2) is 25.0 Å². The lowest BCUT2D eigenvalue weighted by Gasteiger charge is -2.14. The fourth-order valence-corrected chi connectivity index (χ4v) is 1.48. The van der Waals surface area contributed by atoms with Crippen molar-refractivity contribution in [3.05, 3.63) is 0 Å². The molecular weight excluding hydrogens is 170 g/mol.